The van der Waals surface area contributed by atoms with Crippen LogP contribution in [0.5, 0.6) is 0 Å². The molecular weight excluding hydrogens is 238 g/mol. The summed E-state index contributed by atoms with van der Waals surface area (Å²) in [7, 11) is 2.90. The lowest BCUT2D eigenvalue weighted by Crippen LogP contribution is -2.13. The summed E-state index contributed by atoms with van der Waals surface area (Å²) in [6.45, 7) is 0.574. The molecule has 1 N–H and O–H groups in total. The van der Waals surface area contributed by atoms with Crippen molar-refractivity contribution in [3.63, 3.8) is 0 Å². The molecule has 1 heterocycles. The molecule has 18 heavy (non-hydrogen) atoms. The zero-order chi connectivity index (χ0) is 13.4. The summed E-state index contributed by atoms with van der Waals surface area (Å²) < 4.78 is 10.8. The minimum atomic E-state index is -0.393. The van der Waals surface area contributed by atoms with Crippen LogP contribution in [0.15, 0.2) is 12.4 Å². The van der Waals surface area contributed by atoms with Crippen LogP contribution in [0.2, 0.25) is 0 Å². The summed E-state index contributed by atoms with van der Waals surface area (Å²) in [5.74, 6) is -0.499. The van der Waals surface area contributed by atoms with Crippen molar-refractivity contribution in [3.05, 3.63) is 12.4 Å². The molecular formula is C11H17N3O4. The highest BCUT2D eigenvalue weighted by Crippen LogP contribution is 2.06. The number of methoxy groups -OCH3 is 2. The van der Waals surface area contributed by atoms with Gasteiger partial charge in [0.15, 0.2) is 0 Å². The predicted octanol–water partition coefficient (Wildman–Crippen LogP) is 0.421. The average Bonchev–Trinajstić information content (AvgIpc) is 2.76. The zero-order valence-corrected chi connectivity index (χ0v) is 10.5. The van der Waals surface area contributed by atoms with Crippen molar-refractivity contribution in [1.82, 2.24) is 9.78 Å². The third kappa shape index (κ3) is 4.96. The van der Waals surface area contributed by atoms with E-state index in [1.807, 2.05) is 0 Å². The number of carbonyl (C=O) groups is 2. The molecule has 0 spiro atoms. The van der Waals surface area contributed by atoms with Crippen LogP contribution in [0.4, 0.5) is 5.69 Å². The van der Waals surface area contributed by atoms with Crippen LogP contribution in [0.25, 0.3) is 0 Å². The third-order valence-electron chi connectivity index (χ3n) is 2.19. The molecule has 0 unspecified atom stereocenters. The summed E-state index contributed by atoms with van der Waals surface area (Å²) in [4.78, 5) is 22.5. The van der Waals surface area contributed by atoms with Crippen LogP contribution >= 0.6 is 0 Å². The lowest BCUT2D eigenvalue weighted by atomic mass is 10.3. The van der Waals surface area contributed by atoms with Crippen LogP contribution in [0.1, 0.15) is 12.8 Å². The average molecular weight is 255 g/mol. The number of nitrogens with one attached hydrogen (secondary N) is 1. The smallest absolute Gasteiger partial charge is 0.327 e. The molecule has 1 aromatic heterocycles. The van der Waals surface area contributed by atoms with Gasteiger partial charge in [0.25, 0.3) is 0 Å². The van der Waals surface area contributed by atoms with Gasteiger partial charge in [-0.05, 0) is 6.42 Å². The number of amides is 1. The predicted molar refractivity (Wildman–Crippen MR) is 64.0 cm³/mol. The maximum Gasteiger partial charge on any atom is 0.327 e. The van der Waals surface area contributed by atoms with E-state index in [0.29, 0.717) is 25.1 Å². The van der Waals surface area contributed by atoms with Crippen LogP contribution < -0.4 is 5.32 Å². The van der Waals surface area contributed by atoms with Gasteiger partial charge >= 0.3 is 5.97 Å². The Morgan fingerprint density at radius 1 is 1.44 bits per heavy atom. The van der Waals surface area contributed by atoms with E-state index in [-0.39, 0.29) is 12.5 Å². The van der Waals surface area contributed by atoms with Crippen LogP contribution in [0, 0.1) is 0 Å². The maximum atomic E-state index is 11.5. The minimum absolute atomic E-state index is 0.0239. The monoisotopic (exact) mass is 255 g/mol. The molecule has 1 rings (SSSR count). The Hall–Kier alpha value is -1.89. The Morgan fingerprint density at radius 3 is 2.89 bits per heavy atom. The molecule has 0 saturated carbocycles. The number of carbonyl (C=O) groups excluding carboxylic acids is 2. The van der Waals surface area contributed by atoms with Crippen LogP contribution in [-0.4, -0.2) is 42.5 Å². The fourth-order valence-electron chi connectivity index (χ4n) is 1.31. The van der Waals surface area contributed by atoms with Crippen molar-refractivity contribution in [3.8, 4) is 0 Å². The SMILES string of the molecule is COCCCC(=O)Nc1cnn(CC(=O)OC)c1. The van der Waals surface area contributed by atoms with Gasteiger partial charge in [0.1, 0.15) is 6.54 Å². The normalized spacial score (nSPS) is 10.1. The first-order valence-electron chi connectivity index (χ1n) is 5.53. The first-order chi connectivity index (χ1) is 8.65. The maximum absolute atomic E-state index is 11.5. The molecule has 0 fully saturated rings. The number of rotatable bonds is 7. The Kier molecular flexibility index (Phi) is 5.86. The van der Waals surface area contributed by atoms with Gasteiger partial charge in [-0.3, -0.25) is 14.3 Å². The Balaban J connectivity index is 2.38. The Labute approximate surface area is 105 Å². The van der Waals surface area contributed by atoms with Gasteiger partial charge in [-0.1, -0.05) is 0 Å². The van der Waals surface area contributed by atoms with Crippen molar-refractivity contribution in [1.29, 1.82) is 0 Å². The van der Waals surface area contributed by atoms with E-state index in [0.717, 1.165) is 0 Å². The standard InChI is InChI=1S/C11H17N3O4/c1-17-5-3-4-10(15)13-9-6-12-14(7-9)8-11(16)18-2/h6-7H,3-5,8H2,1-2H3,(H,13,15). The van der Waals surface area contributed by atoms with Crippen molar-refractivity contribution in [2.24, 2.45) is 0 Å². The van der Waals surface area contributed by atoms with Gasteiger partial charge in [-0.25, -0.2) is 0 Å². The minimum Gasteiger partial charge on any atom is -0.468 e. The number of aromatic nitrogens is 2. The van der Waals surface area contributed by atoms with Gasteiger partial charge in [0.2, 0.25) is 5.91 Å². The summed E-state index contributed by atoms with van der Waals surface area (Å²) in [6.07, 6.45) is 4.11. The van der Waals surface area contributed by atoms with Crippen molar-refractivity contribution in [2.45, 2.75) is 19.4 Å². The molecule has 7 heteroatoms. The molecule has 1 aromatic rings. The molecule has 100 valence electrons. The second kappa shape index (κ2) is 7.44. The largest absolute Gasteiger partial charge is 0.468 e. The van der Waals surface area contributed by atoms with Crippen LogP contribution in [-0.2, 0) is 25.6 Å². The molecule has 0 aliphatic carbocycles. The van der Waals surface area contributed by atoms with Gasteiger partial charge in [-0.2, -0.15) is 5.10 Å². The lowest BCUT2D eigenvalue weighted by molar-refractivity contribution is -0.141. The molecule has 1 amide bonds. The number of hydrogen-bond acceptors (Lipinski definition) is 5. The fraction of sp³-hybridized carbons (Fsp3) is 0.545. The van der Waals surface area contributed by atoms with E-state index in [1.165, 1.54) is 18.0 Å². The highest BCUT2D eigenvalue weighted by molar-refractivity contribution is 5.90. The van der Waals surface area contributed by atoms with E-state index in [9.17, 15) is 9.59 Å². The number of hydrogen-bond donors (Lipinski definition) is 1. The zero-order valence-electron chi connectivity index (χ0n) is 10.5. The Morgan fingerprint density at radius 2 is 2.22 bits per heavy atom. The molecule has 0 bridgehead atoms. The van der Waals surface area contributed by atoms with E-state index >= 15 is 0 Å². The molecule has 0 saturated heterocycles. The summed E-state index contributed by atoms with van der Waals surface area (Å²) in [5.41, 5.74) is 0.557. The topological polar surface area (TPSA) is 82.5 Å². The number of nitrogens with zero attached hydrogens (tertiary/aromatic N) is 2. The van der Waals surface area contributed by atoms with Crippen molar-refractivity contribution >= 4 is 17.6 Å². The molecule has 0 radical (unpaired) electrons. The van der Waals surface area contributed by atoms with Gasteiger partial charge in [0.05, 0.1) is 19.0 Å². The Bertz CT molecular complexity index is 403. The quantitative estimate of drug-likeness (QED) is 0.564. The molecule has 0 aliphatic heterocycles. The first-order valence-corrected chi connectivity index (χ1v) is 5.53. The molecule has 0 atom stereocenters. The highest BCUT2D eigenvalue weighted by Gasteiger charge is 2.06. The van der Waals surface area contributed by atoms with E-state index in [4.69, 9.17) is 4.74 Å². The van der Waals surface area contributed by atoms with E-state index in [1.54, 1.807) is 13.3 Å². The van der Waals surface area contributed by atoms with Gasteiger partial charge in [0, 0.05) is 26.3 Å². The van der Waals surface area contributed by atoms with E-state index in [2.05, 4.69) is 15.2 Å². The fourth-order valence-corrected chi connectivity index (χ4v) is 1.31. The molecule has 0 aromatic carbocycles. The summed E-state index contributed by atoms with van der Waals surface area (Å²) in [5, 5.41) is 6.61. The first kappa shape index (κ1) is 14.2. The second-order valence-electron chi connectivity index (χ2n) is 3.65. The highest BCUT2D eigenvalue weighted by atomic mass is 16.5. The lowest BCUT2D eigenvalue weighted by Gasteiger charge is -2.01. The third-order valence-corrected chi connectivity index (χ3v) is 2.19. The van der Waals surface area contributed by atoms with Gasteiger partial charge < -0.3 is 14.8 Å². The number of anilines is 1. The number of esters is 1. The molecule has 0 aliphatic rings. The summed E-state index contributed by atoms with van der Waals surface area (Å²) >= 11 is 0. The summed E-state index contributed by atoms with van der Waals surface area (Å²) in [6, 6.07) is 0. The van der Waals surface area contributed by atoms with Crippen molar-refractivity contribution < 1.29 is 19.1 Å². The van der Waals surface area contributed by atoms with E-state index < -0.39 is 5.97 Å². The van der Waals surface area contributed by atoms with Crippen LogP contribution in [0.3, 0.4) is 0 Å². The second-order valence-corrected chi connectivity index (χ2v) is 3.65. The molecule has 7 nitrogen and oxygen atoms in total. The number of ether oxygens (including phenoxy) is 2. The van der Waals surface area contributed by atoms with Gasteiger partial charge in [-0.15, -0.1) is 0 Å². The van der Waals surface area contributed by atoms with Crippen molar-refractivity contribution in [2.75, 3.05) is 26.1 Å².